The van der Waals surface area contributed by atoms with Crippen molar-refractivity contribution < 1.29 is 28.7 Å². The Morgan fingerprint density at radius 1 is 1.42 bits per heavy atom. The van der Waals surface area contributed by atoms with Crippen molar-refractivity contribution in [3.63, 3.8) is 0 Å². The monoisotopic (exact) mass is 214 g/mol. The van der Waals surface area contributed by atoms with E-state index in [1.165, 1.54) is 0 Å². The van der Waals surface area contributed by atoms with Gasteiger partial charge in [0.1, 0.15) is 0 Å². The normalized spacial score (nSPS) is 16.2. The van der Waals surface area contributed by atoms with Crippen LogP contribution >= 0.6 is 7.60 Å². The maximum Gasteiger partial charge on any atom is 0.501 e. The van der Waals surface area contributed by atoms with Gasteiger partial charge in [-0.15, -0.1) is 0 Å². The van der Waals surface area contributed by atoms with Gasteiger partial charge in [0.2, 0.25) is 0 Å². The molecule has 0 heterocycles. The third-order valence-corrected chi connectivity index (χ3v) is 5.58. The molecule has 0 aromatic heterocycles. The van der Waals surface area contributed by atoms with Crippen LogP contribution in [0, 0.1) is 0 Å². The lowest BCUT2D eigenvalue weighted by molar-refractivity contribution is -0.315. The maximum atomic E-state index is 10.4. The summed E-state index contributed by atoms with van der Waals surface area (Å²) in [6.45, 7) is 1.57. The average molecular weight is 214 g/mol. The Morgan fingerprint density at radius 3 is 1.92 bits per heavy atom. The zero-order valence-electron chi connectivity index (χ0n) is 6.51. The van der Waals surface area contributed by atoms with E-state index in [2.05, 4.69) is 0 Å². The summed E-state index contributed by atoms with van der Waals surface area (Å²) in [5, 5.41) is -1.92. The molecule has 0 saturated heterocycles. The zero-order valence-corrected chi connectivity index (χ0v) is 8.40. The minimum Gasteiger partial charge on any atom is -0.811 e. The maximum absolute atomic E-state index is 10.4. The molecule has 0 spiro atoms. The molecule has 8 heteroatoms. The summed E-state index contributed by atoms with van der Waals surface area (Å²) in [7, 11) is -9.93. The fourth-order valence-electron chi connectivity index (χ4n) is 0.837. The van der Waals surface area contributed by atoms with E-state index < -0.39 is 21.7 Å². The summed E-state index contributed by atoms with van der Waals surface area (Å²) in [5.41, 5.74) is 0. The number of rotatable bonds is 4. The lowest BCUT2D eigenvalue weighted by Crippen LogP contribution is -2.52. The molecule has 0 rings (SSSR count). The van der Waals surface area contributed by atoms with Gasteiger partial charge in [0, 0.05) is 0 Å². The first-order valence-electron chi connectivity index (χ1n) is 3.38. The van der Waals surface area contributed by atoms with Gasteiger partial charge < -0.3 is 28.7 Å². The van der Waals surface area contributed by atoms with Crippen molar-refractivity contribution in [2.24, 2.45) is 0 Å². The molecule has 0 aromatic carbocycles. The highest BCUT2D eigenvalue weighted by Crippen LogP contribution is 2.37. The zero-order chi connectivity index (χ0) is 9.99. The highest BCUT2D eigenvalue weighted by atomic mass is 31.2. The highest BCUT2D eigenvalue weighted by Gasteiger charge is 2.40. The molecule has 0 amide bonds. The molecule has 0 fully saturated rings. The van der Waals surface area contributed by atoms with Gasteiger partial charge in [-0.05, 0) is 6.42 Å². The van der Waals surface area contributed by atoms with E-state index in [9.17, 15) is 14.4 Å². The van der Waals surface area contributed by atoms with E-state index >= 15 is 0 Å². The smallest absolute Gasteiger partial charge is 0.501 e. The van der Waals surface area contributed by atoms with E-state index in [4.69, 9.17) is 14.4 Å². The Morgan fingerprint density at radius 2 is 1.83 bits per heavy atom. The molecule has 0 bridgehead atoms. The summed E-state index contributed by atoms with van der Waals surface area (Å²) >= 11 is 0. The van der Waals surface area contributed by atoms with Gasteiger partial charge >= 0.3 is 8.80 Å². The van der Waals surface area contributed by atoms with E-state index in [1.807, 2.05) is 0 Å². The van der Waals surface area contributed by atoms with E-state index in [0.717, 1.165) is 0 Å². The van der Waals surface area contributed by atoms with Crippen molar-refractivity contribution in [3.8, 4) is 0 Å². The third kappa shape index (κ3) is 3.77. The second-order valence-electron chi connectivity index (χ2n) is 2.53. The van der Waals surface area contributed by atoms with Gasteiger partial charge in [0.05, 0.1) is 5.28 Å². The van der Waals surface area contributed by atoms with Crippen molar-refractivity contribution in [2.45, 2.75) is 25.0 Å². The third-order valence-electron chi connectivity index (χ3n) is 1.39. The van der Waals surface area contributed by atoms with Gasteiger partial charge in [-0.2, -0.15) is 0 Å². The number of hydrogen-bond acceptors (Lipinski definition) is 6. The second kappa shape index (κ2) is 3.97. The van der Waals surface area contributed by atoms with E-state index in [1.54, 1.807) is 6.92 Å². The molecule has 0 saturated carbocycles. The summed E-state index contributed by atoms with van der Waals surface area (Å²) < 4.78 is 10.4. The van der Waals surface area contributed by atoms with Crippen LogP contribution < -0.4 is 9.79 Å². The number of hydrogen-bond donors (Lipinski definition) is 3. The molecule has 74 valence electrons. The minimum absolute atomic E-state index is 0.222. The highest BCUT2D eigenvalue weighted by molar-refractivity contribution is 7.52. The van der Waals surface area contributed by atoms with E-state index in [-0.39, 0.29) is 12.8 Å². The van der Waals surface area contributed by atoms with Crippen molar-refractivity contribution in [1.29, 1.82) is 0 Å². The minimum atomic E-state index is -5.10. The molecule has 12 heavy (non-hydrogen) atoms. The standard InChI is InChI=1S/C4H13O6PSi/c1-2-3-4(11(5,6)7)12(8,9)10/h4,8-10H,2-3H2,1H3,(H2,5,6,7)/p-2. The predicted octanol–water partition coefficient (Wildman–Crippen LogP) is -2.48. The Hall–Kier alpha value is 0.247. The van der Waals surface area contributed by atoms with Crippen LogP contribution in [0.3, 0.4) is 0 Å². The fraction of sp³-hybridized carbons (Fsp3) is 1.00. The quantitative estimate of drug-likeness (QED) is 0.351. The molecule has 0 radical (unpaired) electrons. The summed E-state index contributed by atoms with van der Waals surface area (Å²) in [5.74, 6) is 0. The molecule has 0 aromatic rings. The lowest BCUT2D eigenvalue weighted by atomic mass is 10.4. The fourth-order valence-corrected chi connectivity index (χ4v) is 3.78. The second-order valence-corrected chi connectivity index (χ2v) is 6.79. The van der Waals surface area contributed by atoms with Crippen LogP contribution in [0.1, 0.15) is 19.8 Å². The molecular weight excluding hydrogens is 203 g/mol. The summed E-state index contributed by atoms with van der Waals surface area (Å²) in [4.78, 5) is 46.7. The van der Waals surface area contributed by atoms with Gasteiger partial charge in [0.25, 0.3) is 0 Å². The van der Waals surface area contributed by atoms with Crippen LogP contribution in [0.5, 0.6) is 0 Å². The average Bonchev–Trinajstić information content (AvgIpc) is 1.77. The molecule has 6 nitrogen and oxygen atoms in total. The molecule has 0 aliphatic heterocycles. The molecule has 1 unspecified atom stereocenters. The van der Waals surface area contributed by atoms with Crippen molar-refractivity contribution in [3.05, 3.63) is 0 Å². The summed E-state index contributed by atoms with van der Waals surface area (Å²) in [6.07, 6.45) is 0.0650. The molecule has 3 N–H and O–H groups in total. The first-order chi connectivity index (χ1) is 5.19. The predicted molar refractivity (Wildman–Crippen MR) is 38.7 cm³/mol. The van der Waals surface area contributed by atoms with Crippen LogP contribution in [0.4, 0.5) is 0 Å². The van der Waals surface area contributed by atoms with Crippen LogP contribution in [0.15, 0.2) is 0 Å². The Kier molecular flexibility index (Phi) is 4.05. The van der Waals surface area contributed by atoms with Crippen molar-refractivity contribution in [1.82, 2.24) is 0 Å². The van der Waals surface area contributed by atoms with Gasteiger partial charge in [-0.25, -0.2) is 0 Å². The Bertz CT molecular complexity index is 182. The molecule has 1 atom stereocenters. The van der Waals surface area contributed by atoms with E-state index in [0.29, 0.717) is 0 Å². The van der Waals surface area contributed by atoms with Gasteiger partial charge in [-0.3, -0.25) is 0 Å². The molecule has 0 aliphatic carbocycles. The van der Waals surface area contributed by atoms with Gasteiger partial charge in [-0.1, -0.05) is 20.9 Å². The van der Waals surface area contributed by atoms with Crippen LogP contribution in [0.2, 0.25) is 0 Å². The van der Waals surface area contributed by atoms with Crippen molar-refractivity contribution >= 4 is 16.4 Å². The summed E-state index contributed by atoms with van der Waals surface area (Å²) in [6, 6.07) is 0. The Balaban J connectivity index is 4.57. The first kappa shape index (κ1) is 12.2. The topological polar surface area (TPSA) is 124 Å². The Labute approximate surface area is 71.0 Å². The van der Waals surface area contributed by atoms with Crippen LogP contribution in [-0.4, -0.2) is 28.5 Å². The first-order valence-corrected chi connectivity index (χ1v) is 6.91. The van der Waals surface area contributed by atoms with Crippen molar-refractivity contribution in [2.75, 3.05) is 0 Å². The SMILES string of the molecule is CCCC([Si](O)(O)O)P(=O)([O-])[O-]. The van der Waals surface area contributed by atoms with Crippen LogP contribution in [0.25, 0.3) is 0 Å². The van der Waals surface area contributed by atoms with Gasteiger partial charge in [0.15, 0.2) is 0 Å². The van der Waals surface area contributed by atoms with Crippen LogP contribution in [-0.2, 0) is 4.57 Å². The molecular formula is C4H11O6PSi-2. The largest absolute Gasteiger partial charge is 0.811 e. The lowest BCUT2D eigenvalue weighted by Gasteiger charge is -2.40. The molecule has 0 aliphatic rings.